The van der Waals surface area contributed by atoms with Crippen molar-refractivity contribution >= 4 is 0 Å². The van der Waals surface area contributed by atoms with Gasteiger partial charge in [-0.3, -0.25) is 9.88 Å². The molecule has 0 aromatic carbocycles. The minimum absolute atomic E-state index is 0.582. The third-order valence-electron chi connectivity index (χ3n) is 3.20. The molecule has 0 bridgehead atoms. The third-order valence-corrected chi connectivity index (χ3v) is 3.20. The van der Waals surface area contributed by atoms with E-state index in [2.05, 4.69) is 35.1 Å². The smallest absolute Gasteiger partial charge is 0.0312 e. The van der Waals surface area contributed by atoms with E-state index < -0.39 is 0 Å². The Morgan fingerprint density at radius 3 is 3.12 bits per heavy atom. The van der Waals surface area contributed by atoms with E-state index in [0.717, 1.165) is 13.1 Å². The van der Waals surface area contributed by atoms with Crippen molar-refractivity contribution in [3.05, 3.63) is 30.1 Å². The summed E-state index contributed by atoms with van der Waals surface area (Å²) in [5.41, 5.74) is 1.32. The summed E-state index contributed by atoms with van der Waals surface area (Å²) in [7, 11) is 0. The first kappa shape index (κ1) is 12.5. The van der Waals surface area contributed by atoms with Crippen LogP contribution in [0.1, 0.15) is 32.3 Å². The molecule has 2 heterocycles. The highest BCUT2D eigenvalue weighted by Gasteiger charge is 2.19. The van der Waals surface area contributed by atoms with Crippen molar-refractivity contribution in [1.82, 2.24) is 15.2 Å². The fourth-order valence-corrected chi connectivity index (χ4v) is 2.56. The summed E-state index contributed by atoms with van der Waals surface area (Å²) in [4.78, 5) is 6.70. The number of rotatable bonds is 4. The van der Waals surface area contributed by atoms with Crippen molar-refractivity contribution in [2.75, 3.05) is 13.1 Å². The van der Waals surface area contributed by atoms with E-state index in [1.54, 1.807) is 0 Å². The summed E-state index contributed by atoms with van der Waals surface area (Å²) in [5.74, 6) is 0. The van der Waals surface area contributed by atoms with E-state index in [9.17, 15) is 0 Å². The maximum atomic E-state index is 4.18. The lowest BCUT2D eigenvalue weighted by molar-refractivity contribution is 0.178. The molecule has 0 spiro atoms. The Hall–Kier alpha value is -0.930. The van der Waals surface area contributed by atoms with E-state index >= 15 is 0 Å². The van der Waals surface area contributed by atoms with E-state index in [4.69, 9.17) is 0 Å². The van der Waals surface area contributed by atoms with Crippen LogP contribution in [0.5, 0.6) is 0 Å². The fraction of sp³-hybridized carbons (Fsp3) is 0.643. The lowest BCUT2D eigenvalue weighted by Crippen LogP contribution is -2.47. The number of likely N-dealkylation sites (tertiary alicyclic amines) is 1. The Labute approximate surface area is 104 Å². The minimum atomic E-state index is 0.582. The van der Waals surface area contributed by atoms with Gasteiger partial charge in [0.25, 0.3) is 0 Å². The first-order valence-electron chi connectivity index (χ1n) is 6.61. The van der Waals surface area contributed by atoms with E-state index in [0.29, 0.717) is 12.1 Å². The molecule has 1 fully saturated rings. The van der Waals surface area contributed by atoms with Crippen LogP contribution >= 0.6 is 0 Å². The first-order chi connectivity index (χ1) is 8.24. The molecule has 94 valence electrons. The van der Waals surface area contributed by atoms with Crippen LogP contribution in [0.2, 0.25) is 0 Å². The maximum Gasteiger partial charge on any atom is 0.0312 e. The van der Waals surface area contributed by atoms with E-state index in [1.807, 2.05) is 18.5 Å². The van der Waals surface area contributed by atoms with Gasteiger partial charge < -0.3 is 5.32 Å². The quantitative estimate of drug-likeness (QED) is 0.862. The Bertz CT molecular complexity index is 323. The van der Waals surface area contributed by atoms with Crippen LogP contribution in [-0.2, 0) is 6.54 Å². The molecule has 1 aromatic rings. The van der Waals surface area contributed by atoms with Gasteiger partial charge in [-0.1, -0.05) is 19.9 Å². The van der Waals surface area contributed by atoms with E-state index in [-0.39, 0.29) is 0 Å². The minimum Gasteiger partial charge on any atom is -0.311 e. The van der Waals surface area contributed by atoms with Crippen molar-refractivity contribution in [3.63, 3.8) is 0 Å². The van der Waals surface area contributed by atoms with Gasteiger partial charge in [0.15, 0.2) is 0 Å². The molecule has 1 aliphatic rings. The number of hydrogen-bond acceptors (Lipinski definition) is 3. The van der Waals surface area contributed by atoms with Crippen molar-refractivity contribution in [2.24, 2.45) is 0 Å². The number of nitrogens with zero attached hydrogens (tertiary/aromatic N) is 2. The number of pyridine rings is 1. The third kappa shape index (κ3) is 4.10. The van der Waals surface area contributed by atoms with Gasteiger partial charge >= 0.3 is 0 Å². The van der Waals surface area contributed by atoms with Crippen molar-refractivity contribution < 1.29 is 0 Å². The highest BCUT2D eigenvalue weighted by atomic mass is 15.2. The number of piperidine rings is 1. The zero-order chi connectivity index (χ0) is 12.1. The molecule has 3 nitrogen and oxygen atoms in total. The van der Waals surface area contributed by atoms with Gasteiger partial charge in [-0.15, -0.1) is 0 Å². The monoisotopic (exact) mass is 233 g/mol. The van der Waals surface area contributed by atoms with Crippen molar-refractivity contribution in [3.8, 4) is 0 Å². The molecule has 1 unspecified atom stereocenters. The lowest BCUT2D eigenvalue weighted by Gasteiger charge is -2.34. The van der Waals surface area contributed by atoms with Crippen LogP contribution in [0.25, 0.3) is 0 Å². The Balaban J connectivity index is 1.85. The molecule has 0 saturated carbocycles. The molecular weight excluding hydrogens is 210 g/mol. The number of hydrogen-bond donors (Lipinski definition) is 1. The van der Waals surface area contributed by atoms with Crippen LogP contribution in [0.4, 0.5) is 0 Å². The fourth-order valence-electron chi connectivity index (χ4n) is 2.56. The molecule has 2 rings (SSSR count). The maximum absolute atomic E-state index is 4.18. The highest BCUT2D eigenvalue weighted by Crippen LogP contribution is 2.13. The number of aromatic nitrogens is 1. The van der Waals surface area contributed by atoms with Gasteiger partial charge in [0.2, 0.25) is 0 Å². The molecule has 3 heteroatoms. The van der Waals surface area contributed by atoms with Gasteiger partial charge in [-0.05, 0) is 31.0 Å². The molecule has 1 atom stereocenters. The molecule has 1 aliphatic heterocycles. The van der Waals surface area contributed by atoms with Crippen LogP contribution in [-0.4, -0.2) is 35.1 Å². The molecule has 1 saturated heterocycles. The highest BCUT2D eigenvalue weighted by molar-refractivity contribution is 5.08. The van der Waals surface area contributed by atoms with E-state index in [1.165, 1.54) is 24.9 Å². The second kappa shape index (κ2) is 6.12. The van der Waals surface area contributed by atoms with Gasteiger partial charge in [0, 0.05) is 37.6 Å². The zero-order valence-corrected chi connectivity index (χ0v) is 10.9. The molecule has 17 heavy (non-hydrogen) atoms. The standard InChI is InChI=1S/C14H23N3/c1-12(2)16-14-6-4-8-17(11-14)10-13-5-3-7-15-9-13/h3,5,7,9,12,14,16H,4,6,8,10-11H2,1-2H3. The average molecular weight is 233 g/mol. The van der Waals surface area contributed by atoms with Crippen LogP contribution in [0, 0.1) is 0 Å². The molecule has 0 radical (unpaired) electrons. The summed E-state index contributed by atoms with van der Waals surface area (Å²) in [6.07, 6.45) is 6.41. The Morgan fingerprint density at radius 1 is 1.53 bits per heavy atom. The van der Waals surface area contributed by atoms with Crippen LogP contribution < -0.4 is 5.32 Å². The molecule has 0 amide bonds. The second-order valence-electron chi connectivity index (χ2n) is 5.26. The summed E-state index contributed by atoms with van der Waals surface area (Å²) < 4.78 is 0. The largest absolute Gasteiger partial charge is 0.311 e. The first-order valence-corrected chi connectivity index (χ1v) is 6.61. The van der Waals surface area contributed by atoms with Crippen molar-refractivity contribution in [2.45, 2.75) is 45.3 Å². The average Bonchev–Trinajstić information content (AvgIpc) is 2.30. The van der Waals surface area contributed by atoms with Gasteiger partial charge in [0.05, 0.1) is 0 Å². The van der Waals surface area contributed by atoms with Crippen LogP contribution in [0.15, 0.2) is 24.5 Å². The van der Waals surface area contributed by atoms with Crippen molar-refractivity contribution in [1.29, 1.82) is 0 Å². The molecular formula is C14H23N3. The zero-order valence-electron chi connectivity index (χ0n) is 10.9. The number of nitrogens with one attached hydrogen (secondary N) is 1. The summed E-state index contributed by atoms with van der Waals surface area (Å²) in [6.45, 7) is 7.85. The molecule has 1 aromatic heterocycles. The van der Waals surface area contributed by atoms with Gasteiger partial charge in [-0.25, -0.2) is 0 Å². The van der Waals surface area contributed by atoms with Gasteiger partial charge in [-0.2, -0.15) is 0 Å². The Morgan fingerprint density at radius 2 is 2.41 bits per heavy atom. The lowest BCUT2D eigenvalue weighted by atomic mass is 10.0. The van der Waals surface area contributed by atoms with Gasteiger partial charge in [0.1, 0.15) is 0 Å². The summed E-state index contributed by atoms with van der Waals surface area (Å²) in [6, 6.07) is 5.41. The summed E-state index contributed by atoms with van der Waals surface area (Å²) >= 11 is 0. The topological polar surface area (TPSA) is 28.2 Å². The Kier molecular flexibility index (Phi) is 4.51. The summed E-state index contributed by atoms with van der Waals surface area (Å²) in [5, 5.41) is 3.64. The molecule has 1 N–H and O–H groups in total. The predicted octanol–water partition coefficient (Wildman–Crippen LogP) is 2.04. The second-order valence-corrected chi connectivity index (χ2v) is 5.26. The normalized spacial score (nSPS) is 21.9. The molecule has 0 aliphatic carbocycles. The predicted molar refractivity (Wildman–Crippen MR) is 70.8 cm³/mol. The van der Waals surface area contributed by atoms with Crippen LogP contribution in [0.3, 0.4) is 0 Å². The SMILES string of the molecule is CC(C)NC1CCCN(Cc2cccnc2)C1.